The molecule has 118 valence electrons. The normalized spacial score (nSPS) is 22.6. The number of pyridine rings is 1. The number of nitro groups is 1. The monoisotopic (exact) mass is 306 g/mol. The van der Waals surface area contributed by atoms with E-state index in [1.807, 2.05) is 27.7 Å². The Kier molecular flexibility index (Phi) is 3.41. The first kappa shape index (κ1) is 15.2. The van der Waals surface area contributed by atoms with E-state index >= 15 is 0 Å². The van der Waals surface area contributed by atoms with Gasteiger partial charge >= 0.3 is 18.8 Å². The maximum atomic E-state index is 11.3. The molecule has 2 heterocycles. The second-order valence-corrected chi connectivity index (χ2v) is 6.72. The first-order valence-electron chi connectivity index (χ1n) is 7.37. The van der Waals surface area contributed by atoms with Crippen LogP contribution in [0.4, 0.5) is 5.82 Å². The van der Waals surface area contributed by atoms with Gasteiger partial charge in [-0.25, -0.2) is 0 Å². The predicted molar refractivity (Wildman–Crippen MR) is 80.3 cm³/mol. The summed E-state index contributed by atoms with van der Waals surface area (Å²) < 4.78 is 17.3. The van der Waals surface area contributed by atoms with Crippen molar-refractivity contribution in [2.24, 2.45) is 0 Å². The molecular formula is C14H19BN2O5. The summed E-state index contributed by atoms with van der Waals surface area (Å²) in [5.74, 6) is -0.00822. The zero-order valence-electron chi connectivity index (χ0n) is 13.2. The van der Waals surface area contributed by atoms with Crippen LogP contribution in [-0.2, 0) is 9.31 Å². The van der Waals surface area contributed by atoms with Gasteiger partial charge in [0.2, 0.25) is 0 Å². The Hall–Kier alpha value is -1.67. The predicted octanol–water partition coefficient (Wildman–Crippen LogP) is 1.83. The molecule has 2 fully saturated rings. The molecule has 1 saturated carbocycles. The molecule has 0 amide bonds. The van der Waals surface area contributed by atoms with E-state index in [1.54, 1.807) is 12.1 Å². The van der Waals surface area contributed by atoms with Crippen LogP contribution in [0.25, 0.3) is 0 Å². The third-order valence-electron chi connectivity index (χ3n) is 4.37. The average molecular weight is 306 g/mol. The molecule has 1 aliphatic carbocycles. The Bertz CT molecular complexity index is 599. The van der Waals surface area contributed by atoms with E-state index in [0.29, 0.717) is 5.46 Å². The number of ether oxygens (including phenoxy) is 1. The summed E-state index contributed by atoms with van der Waals surface area (Å²) in [5.41, 5.74) is -0.810. The van der Waals surface area contributed by atoms with Crippen molar-refractivity contribution in [1.29, 1.82) is 0 Å². The summed E-state index contributed by atoms with van der Waals surface area (Å²) >= 11 is 0. The molecule has 1 aliphatic heterocycles. The Balaban J connectivity index is 1.91. The maximum absolute atomic E-state index is 11.3. The Labute approximate surface area is 129 Å². The molecule has 0 unspecified atom stereocenters. The zero-order chi connectivity index (χ0) is 16.1. The number of hydrogen-bond donors (Lipinski definition) is 0. The fraction of sp³-hybridized carbons (Fsp3) is 0.643. The highest BCUT2D eigenvalue weighted by Crippen LogP contribution is 2.37. The molecule has 0 N–H and O–H groups in total. The van der Waals surface area contributed by atoms with Gasteiger partial charge in [-0.05, 0) is 51.5 Å². The first-order chi connectivity index (χ1) is 10.2. The standard InChI is InChI=1S/C14H19BN2O5/c1-13(2)14(3,4)22-15(21-13)10-7-8-11(20-9-5-6-9)16-12(10)17(18)19/h7-9H,5-6H2,1-4H3. The highest BCUT2D eigenvalue weighted by atomic mass is 16.7. The Morgan fingerprint density at radius 1 is 1.27 bits per heavy atom. The lowest BCUT2D eigenvalue weighted by Crippen LogP contribution is -2.41. The third-order valence-corrected chi connectivity index (χ3v) is 4.37. The van der Waals surface area contributed by atoms with Crippen molar-refractivity contribution >= 4 is 18.4 Å². The van der Waals surface area contributed by atoms with Crippen LogP contribution in [0.15, 0.2) is 12.1 Å². The van der Waals surface area contributed by atoms with Gasteiger partial charge in [-0.1, -0.05) is 0 Å². The van der Waals surface area contributed by atoms with E-state index in [4.69, 9.17) is 14.0 Å². The molecule has 0 atom stereocenters. The van der Waals surface area contributed by atoms with Gasteiger partial charge in [0, 0.05) is 11.1 Å². The largest absolute Gasteiger partial charge is 0.503 e. The Morgan fingerprint density at radius 2 is 1.86 bits per heavy atom. The van der Waals surface area contributed by atoms with Crippen molar-refractivity contribution in [2.75, 3.05) is 0 Å². The molecule has 1 saturated heterocycles. The van der Waals surface area contributed by atoms with Crippen molar-refractivity contribution in [1.82, 2.24) is 4.98 Å². The summed E-state index contributed by atoms with van der Waals surface area (Å²) in [7, 11) is -0.812. The van der Waals surface area contributed by atoms with Crippen LogP contribution in [0, 0.1) is 10.1 Å². The lowest BCUT2D eigenvalue weighted by atomic mass is 9.79. The molecule has 1 aromatic rings. The van der Waals surface area contributed by atoms with Crippen LogP contribution in [0.3, 0.4) is 0 Å². The van der Waals surface area contributed by atoms with Gasteiger partial charge in [0.1, 0.15) is 6.10 Å². The molecule has 0 radical (unpaired) electrons. The molecule has 2 aliphatic rings. The molecule has 0 spiro atoms. The van der Waals surface area contributed by atoms with E-state index in [0.717, 1.165) is 12.8 Å². The van der Waals surface area contributed by atoms with Gasteiger partial charge in [0.05, 0.1) is 16.7 Å². The number of nitrogens with zero attached hydrogens (tertiary/aromatic N) is 2. The van der Waals surface area contributed by atoms with Gasteiger partial charge in [0.25, 0.3) is 0 Å². The molecule has 0 bridgehead atoms. The molecule has 8 heteroatoms. The van der Waals surface area contributed by atoms with Gasteiger partial charge in [-0.2, -0.15) is 0 Å². The van der Waals surface area contributed by atoms with Crippen LogP contribution in [0.2, 0.25) is 0 Å². The second kappa shape index (κ2) is 4.92. The zero-order valence-corrected chi connectivity index (χ0v) is 13.2. The smallest absolute Gasteiger partial charge is 0.456 e. The van der Waals surface area contributed by atoms with Gasteiger partial charge in [-0.3, -0.25) is 0 Å². The van der Waals surface area contributed by atoms with Crippen LogP contribution < -0.4 is 10.2 Å². The van der Waals surface area contributed by atoms with Crippen LogP contribution in [0.1, 0.15) is 40.5 Å². The molecule has 7 nitrogen and oxygen atoms in total. The van der Waals surface area contributed by atoms with Crippen LogP contribution in [-0.4, -0.2) is 34.3 Å². The lowest BCUT2D eigenvalue weighted by molar-refractivity contribution is -0.388. The highest BCUT2D eigenvalue weighted by Gasteiger charge is 2.53. The summed E-state index contributed by atoms with van der Waals surface area (Å²) in [6, 6.07) is 3.23. The van der Waals surface area contributed by atoms with Crippen molar-refractivity contribution in [3.8, 4) is 5.88 Å². The molecule has 0 aromatic carbocycles. The van der Waals surface area contributed by atoms with Crippen LogP contribution in [0.5, 0.6) is 5.88 Å². The van der Waals surface area contributed by atoms with Crippen molar-refractivity contribution in [3.63, 3.8) is 0 Å². The minimum atomic E-state index is -0.812. The number of hydrogen-bond acceptors (Lipinski definition) is 6. The van der Waals surface area contributed by atoms with Gasteiger partial charge in [-0.15, -0.1) is 0 Å². The lowest BCUT2D eigenvalue weighted by Gasteiger charge is -2.32. The van der Waals surface area contributed by atoms with Crippen molar-refractivity contribution in [2.45, 2.75) is 57.8 Å². The van der Waals surface area contributed by atoms with E-state index in [2.05, 4.69) is 4.98 Å². The van der Waals surface area contributed by atoms with Gasteiger partial charge in [0.15, 0.2) is 0 Å². The van der Waals surface area contributed by atoms with E-state index < -0.39 is 23.2 Å². The average Bonchev–Trinajstić information content (AvgIpc) is 3.17. The molecule has 22 heavy (non-hydrogen) atoms. The first-order valence-corrected chi connectivity index (χ1v) is 7.37. The van der Waals surface area contributed by atoms with Crippen molar-refractivity contribution < 1.29 is 19.0 Å². The number of aromatic nitrogens is 1. The summed E-state index contributed by atoms with van der Waals surface area (Å²) in [4.78, 5) is 14.8. The third kappa shape index (κ3) is 2.68. The highest BCUT2D eigenvalue weighted by molar-refractivity contribution is 6.63. The fourth-order valence-electron chi connectivity index (χ4n) is 2.16. The summed E-state index contributed by atoms with van der Waals surface area (Å²) in [6.07, 6.45) is 2.07. The van der Waals surface area contributed by atoms with E-state index in [1.165, 1.54) is 0 Å². The Morgan fingerprint density at radius 3 is 2.36 bits per heavy atom. The SMILES string of the molecule is CC1(C)OB(c2ccc(OC3CC3)nc2[N+](=O)[O-])OC1(C)C. The van der Waals surface area contributed by atoms with E-state index in [9.17, 15) is 10.1 Å². The molecular weight excluding hydrogens is 287 g/mol. The summed E-state index contributed by atoms with van der Waals surface area (Å²) in [5, 5.41) is 11.3. The molecule has 1 aromatic heterocycles. The van der Waals surface area contributed by atoms with Crippen molar-refractivity contribution in [3.05, 3.63) is 22.2 Å². The minimum Gasteiger partial charge on any atom is -0.456 e. The number of rotatable bonds is 4. The topological polar surface area (TPSA) is 83.7 Å². The minimum absolute atomic E-state index is 0.134. The van der Waals surface area contributed by atoms with Crippen LogP contribution >= 0.6 is 0 Å². The summed E-state index contributed by atoms with van der Waals surface area (Å²) in [6.45, 7) is 7.60. The van der Waals surface area contributed by atoms with E-state index in [-0.39, 0.29) is 17.8 Å². The molecule has 3 rings (SSSR count). The van der Waals surface area contributed by atoms with Gasteiger partial charge < -0.3 is 24.2 Å². The maximum Gasteiger partial charge on any atom is 0.503 e. The quantitative estimate of drug-likeness (QED) is 0.479. The second-order valence-electron chi connectivity index (χ2n) is 6.72. The fourth-order valence-corrected chi connectivity index (χ4v) is 2.16.